The van der Waals surface area contributed by atoms with Gasteiger partial charge in [-0.2, -0.15) is 8.42 Å². The second-order valence-corrected chi connectivity index (χ2v) is 14.2. The minimum absolute atomic E-state index is 0.173. The molecule has 7 aromatic rings. The third-order valence-corrected chi connectivity index (χ3v) is 11.0. The van der Waals surface area contributed by atoms with E-state index in [-0.39, 0.29) is 4.90 Å². The third-order valence-electron chi connectivity index (χ3n) is 9.59. The Morgan fingerprint density at radius 2 is 1.35 bits per heavy atom. The average molecular weight is 665 g/mol. The van der Waals surface area contributed by atoms with Gasteiger partial charge in [0.25, 0.3) is 10.1 Å². The largest absolute Gasteiger partial charge is 0.354 e. The van der Waals surface area contributed by atoms with Crippen LogP contribution in [0.5, 0.6) is 0 Å². The zero-order valence-electron chi connectivity index (χ0n) is 27.2. The van der Waals surface area contributed by atoms with Crippen LogP contribution in [0.3, 0.4) is 0 Å². The van der Waals surface area contributed by atoms with Crippen LogP contribution in [0.4, 0.5) is 5.82 Å². The molecule has 244 valence electrons. The van der Waals surface area contributed by atoms with Crippen molar-refractivity contribution in [3.63, 3.8) is 0 Å². The Bertz CT molecular complexity index is 2250. The molecule has 8 heteroatoms. The molecule has 1 aliphatic heterocycles. The van der Waals surface area contributed by atoms with Gasteiger partial charge in [-0.15, -0.1) is 0 Å². The molecular formula is C41H36N4O3S. The number of rotatable bonds is 8. The van der Waals surface area contributed by atoms with Crippen molar-refractivity contribution in [1.29, 1.82) is 0 Å². The number of hydrogen-bond donors (Lipinski definition) is 0. The highest BCUT2D eigenvalue weighted by atomic mass is 32.2. The van der Waals surface area contributed by atoms with Gasteiger partial charge in [0.1, 0.15) is 17.0 Å². The molecule has 0 amide bonds. The van der Waals surface area contributed by atoms with Gasteiger partial charge in [0.15, 0.2) is 0 Å². The molecule has 0 N–H and O–H groups in total. The van der Waals surface area contributed by atoms with Crippen molar-refractivity contribution >= 4 is 37.9 Å². The molecule has 0 spiro atoms. The molecular weight excluding hydrogens is 629 g/mol. The monoisotopic (exact) mass is 664 g/mol. The van der Waals surface area contributed by atoms with Crippen LogP contribution in [0, 0.1) is 6.92 Å². The third kappa shape index (κ3) is 5.47. The Balaban J connectivity index is 1.30. The number of hydrogen-bond acceptors (Lipinski definition) is 6. The van der Waals surface area contributed by atoms with Crippen LogP contribution in [-0.4, -0.2) is 42.1 Å². The molecule has 1 atom stereocenters. The molecule has 0 bridgehead atoms. The van der Waals surface area contributed by atoms with Crippen LogP contribution in [-0.2, 0) is 19.8 Å². The Kier molecular flexibility index (Phi) is 7.98. The summed E-state index contributed by atoms with van der Waals surface area (Å²) in [5.41, 5.74) is 5.33. The first-order chi connectivity index (χ1) is 23.9. The van der Waals surface area contributed by atoms with E-state index in [9.17, 15) is 8.42 Å². The van der Waals surface area contributed by atoms with Crippen LogP contribution >= 0.6 is 0 Å². The molecule has 7 nitrogen and oxygen atoms in total. The van der Waals surface area contributed by atoms with Gasteiger partial charge in [-0.25, -0.2) is 4.98 Å². The zero-order valence-corrected chi connectivity index (χ0v) is 28.0. The standard InChI is InChI=1S/C41H36N4O3S/c1-30-19-21-35(22-20-30)49(46,47)48-34-18-11-27-44(29-34)39-24-23-36-37-28-42-26-25-38(37)45(40(36)43-39)41(31-12-5-2-6-13-31,32-14-7-3-8-15-32)33-16-9-4-10-17-33/h2-10,12-17,19-26,28,34H,11,18,27,29H2,1H3/t34-/m0/s1. The van der Waals surface area contributed by atoms with E-state index in [2.05, 4.69) is 99.4 Å². The maximum Gasteiger partial charge on any atom is 0.297 e. The molecule has 0 radical (unpaired) electrons. The SMILES string of the molecule is Cc1ccc(S(=O)(=O)O[C@H]2CCCN(c3ccc4c5cnccc5n(C(c5ccccc5)(c5ccccc5)c5ccccc5)c4n3)C2)cc1. The molecule has 1 fully saturated rings. The van der Waals surface area contributed by atoms with Gasteiger partial charge in [0.05, 0.1) is 16.5 Å². The predicted octanol–water partition coefficient (Wildman–Crippen LogP) is 8.11. The number of piperidine rings is 1. The molecule has 8 rings (SSSR count). The maximum absolute atomic E-state index is 13.2. The lowest BCUT2D eigenvalue weighted by molar-refractivity contribution is 0.186. The first-order valence-electron chi connectivity index (χ1n) is 16.6. The van der Waals surface area contributed by atoms with E-state index >= 15 is 0 Å². The van der Waals surface area contributed by atoms with Crippen LogP contribution in [0.1, 0.15) is 35.1 Å². The summed E-state index contributed by atoms with van der Waals surface area (Å²) in [5.74, 6) is 0.772. The van der Waals surface area contributed by atoms with Crippen molar-refractivity contribution in [1.82, 2.24) is 14.5 Å². The summed E-state index contributed by atoms with van der Waals surface area (Å²) < 4.78 is 34.6. The van der Waals surface area contributed by atoms with E-state index < -0.39 is 21.8 Å². The van der Waals surface area contributed by atoms with Crippen molar-refractivity contribution in [3.05, 3.63) is 168 Å². The number of aromatic nitrogens is 3. The number of fused-ring (bicyclic) bond motifs is 3. The van der Waals surface area contributed by atoms with Gasteiger partial charge in [-0.1, -0.05) is 109 Å². The second-order valence-electron chi connectivity index (χ2n) is 12.7. The molecule has 0 unspecified atom stereocenters. The van der Waals surface area contributed by atoms with E-state index in [1.54, 1.807) is 24.3 Å². The van der Waals surface area contributed by atoms with Gasteiger partial charge in [-0.3, -0.25) is 9.17 Å². The molecule has 0 saturated carbocycles. The lowest BCUT2D eigenvalue weighted by Crippen LogP contribution is -2.41. The van der Waals surface area contributed by atoms with Crippen LogP contribution in [0.25, 0.3) is 21.9 Å². The highest BCUT2D eigenvalue weighted by molar-refractivity contribution is 7.86. The van der Waals surface area contributed by atoms with E-state index in [0.717, 1.165) is 63.0 Å². The summed E-state index contributed by atoms with van der Waals surface area (Å²) in [5, 5.41) is 2.00. The molecule has 4 heterocycles. The summed E-state index contributed by atoms with van der Waals surface area (Å²) in [6.07, 6.45) is 4.69. The first-order valence-corrected chi connectivity index (χ1v) is 18.0. The van der Waals surface area contributed by atoms with Crippen molar-refractivity contribution in [2.75, 3.05) is 18.0 Å². The minimum Gasteiger partial charge on any atom is -0.354 e. The Morgan fingerprint density at radius 3 is 1.96 bits per heavy atom. The predicted molar refractivity (Wildman–Crippen MR) is 194 cm³/mol. The van der Waals surface area contributed by atoms with Crippen molar-refractivity contribution in [2.45, 2.75) is 36.3 Å². The molecule has 1 aliphatic rings. The smallest absolute Gasteiger partial charge is 0.297 e. The van der Waals surface area contributed by atoms with Crippen molar-refractivity contribution < 1.29 is 12.6 Å². The molecule has 0 aliphatic carbocycles. The van der Waals surface area contributed by atoms with Gasteiger partial charge >= 0.3 is 0 Å². The highest BCUT2D eigenvalue weighted by Crippen LogP contribution is 2.46. The topological polar surface area (TPSA) is 77.3 Å². The van der Waals surface area contributed by atoms with Crippen molar-refractivity contribution in [2.24, 2.45) is 0 Å². The lowest BCUT2D eigenvalue weighted by atomic mass is 9.76. The van der Waals surface area contributed by atoms with E-state index in [1.165, 1.54) is 0 Å². The summed E-state index contributed by atoms with van der Waals surface area (Å²) in [4.78, 5) is 12.3. The summed E-state index contributed by atoms with van der Waals surface area (Å²) in [6.45, 7) is 3.08. The van der Waals surface area contributed by atoms with E-state index in [0.29, 0.717) is 13.0 Å². The molecule has 4 aromatic carbocycles. The van der Waals surface area contributed by atoms with E-state index in [4.69, 9.17) is 9.17 Å². The Hall–Kier alpha value is -5.31. The van der Waals surface area contributed by atoms with Crippen LogP contribution in [0.15, 0.2) is 151 Å². The fraction of sp³-hybridized carbons (Fsp3) is 0.171. The highest BCUT2D eigenvalue weighted by Gasteiger charge is 2.41. The Morgan fingerprint density at radius 1 is 0.735 bits per heavy atom. The lowest BCUT2D eigenvalue weighted by Gasteiger charge is -2.39. The summed E-state index contributed by atoms with van der Waals surface area (Å²) in [7, 11) is -3.91. The number of benzene rings is 4. The van der Waals surface area contributed by atoms with Gasteiger partial charge in [-0.05, 0) is 66.8 Å². The van der Waals surface area contributed by atoms with Gasteiger partial charge in [0, 0.05) is 36.3 Å². The number of pyridine rings is 2. The quantitative estimate of drug-likeness (QED) is 0.121. The fourth-order valence-electron chi connectivity index (χ4n) is 7.33. The summed E-state index contributed by atoms with van der Waals surface area (Å²) >= 11 is 0. The molecule has 49 heavy (non-hydrogen) atoms. The average Bonchev–Trinajstić information content (AvgIpc) is 3.47. The number of nitrogens with zero attached hydrogens (tertiary/aromatic N) is 4. The number of anilines is 1. The van der Waals surface area contributed by atoms with Gasteiger partial charge < -0.3 is 9.47 Å². The minimum atomic E-state index is -3.91. The Labute approximate surface area is 286 Å². The van der Waals surface area contributed by atoms with Crippen LogP contribution in [0.2, 0.25) is 0 Å². The molecule has 3 aromatic heterocycles. The zero-order chi connectivity index (χ0) is 33.4. The van der Waals surface area contributed by atoms with Crippen LogP contribution < -0.4 is 4.90 Å². The maximum atomic E-state index is 13.2. The van der Waals surface area contributed by atoms with E-state index in [1.807, 2.05) is 43.6 Å². The van der Waals surface area contributed by atoms with Gasteiger partial charge in [0.2, 0.25) is 0 Å². The first kappa shape index (κ1) is 31.0. The fourth-order valence-corrected chi connectivity index (χ4v) is 8.42. The number of aryl methyl sites for hydroxylation is 1. The second kappa shape index (κ2) is 12.6. The van der Waals surface area contributed by atoms with Crippen molar-refractivity contribution in [3.8, 4) is 0 Å². The summed E-state index contributed by atoms with van der Waals surface area (Å²) in [6, 6.07) is 44.8. The normalized spacial score (nSPS) is 15.5. The molecule has 1 saturated heterocycles.